The lowest BCUT2D eigenvalue weighted by atomic mass is 10.2. The Morgan fingerprint density at radius 3 is 2.64 bits per heavy atom. The number of fused-ring (bicyclic) bond motifs is 1. The summed E-state index contributed by atoms with van der Waals surface area (Å²) in [5.74, 6) is 0.196. The first-order valence-electron chi connectivity index (χ1n) is 8.39. The van der Waals surface area contributed by atoms with Gasteiger partial charge in [0, 0.05) is 21.8 Å². The fourth-order valence-electron chi connectivity index (χ4n) is 2.88. The van der Waals surface area contributed by atoms with Gasteiger partial charge in [-0.25, -0.2) is 0 Å². The third kappa shape index (κ3) is 3.76. The lowest BCUT2D eigenvalue weighted by molar-refractivity contribution is 0.103. The van der Waals surface area contributed by atoms with Gasteiger partial charge in [0.1, 0.15) is 4.88 Å². The zero-order valence-corrected chi connectivity index (χ0v) is 17.8. The van der Waals surface area contributed by atoms with Crippen molar-refractivity contribution < 1.29 is 4.79 Å². The minimum absolute atomic E-state index is 0.273. The molecule has 28 heavy (non-hydrogen) atoms. The number of nitrogens with zero attached hydrogens (tertiary/aromatic N) is 2. The van der Waals surface area contributed by atoms with Crippen molar-refractivity contribution >= 4 is 68.0 Å². The van der Waals surface area contributed by atoms with Crippen molar-refractivity contribution in [1.82, 2.24) is 9.78 Å². The smallest absolute Gasteiger partial charge is 0.268 e. The number of aromatic nitrogens is 2. The van der Waals surface area contributed by atoms with Gasteiger partial charge < -0.3 is 5.32 Å². The molecule has 0 bridgehead atoms. The van der Waals surface area contributed by atoms with Gasteiger partial charge >= 0.3 is 0 Å². The maximum absolute atomic E-state index is 12.7. The number of carbonyl (C=O) groups excluding carboxylic acids is 1. The molecule has 4 rings (SSSR count). The highest BCUT2D eigenvalue weighted by Crippen LogP contribution is 2.35. The molecule has 0 fully saturated rings. The summed E-state index contributed by atoms with van der Waals surface area (Å²) in [6, 6.07) is 14.9. The van der Waals surface area contributed by atoms with Gasteiger partial charge in [-0.2, -0.15) is 5.10 Å². The molecule has 1 N–H and O–H groups in total. The van der Waals surface area contributed by atoms with E-state index < -0.39 is 0 Å². The monoisotopic (exact) mass is 449 g/mol. The number of amides is 1. The number of anilines is 1. The minimum atomic E-state index is -0.273. The number of aryl methyl sites for hydroxylation is 1. The molecule has 0 saturated heterocycles. The van der Waals surface area contributed by atoms with Gasteiger partial charge in [0.2, 0.25) is 0 Å². The van der Waals surface area contributed by atoms with E-state index in [2.05, 4.69) is 10.4 Å². The molecule has 142 valence electrons. The number of carbonyl (C=O) groups is 1. The number of hydrogen-bond acceptors (Lipinski definition) is 3. The molecule has 0 aliphatic rings. The van der Waals surface area contributed by atoms with Crippen LogP contribution in [0.5, 0.6) is 0 Å². The zero-order valence-electron chi connectivity index (χ0n) is 14.7. The summed E-state index contributed by atoms with van der Waals surface area (Å²) >= 11 is 19.8. The van der Waals surface area contributed by atoms with Crippen LogP contribution in [0.4, 0.5) is 5.82 Å². The number of rotatable bonds is 4. The molecule has 0 spiro atoms. The van der Waals surface area contributed by atoms with Crippen LogP contribution in [0.2, 0.25) is 15.1 Å². The first-order chi connectivity index (χ1) is 13.4. The van der Waals surface area contributed by atoms with Crippen molar-refractivity contribution in [2.24, 2.45) is 0 Å². The average molecular weight is 451 g/mol. The summed E-state index contributed by atoms with van der Waals surface area (Å²) in [5.41, 5.74) is 1.87. The summed E-state index contributed by atoms with van der Waals surface area (Å²) in [4.78, 5) is 13.2. The summed E-state index contributed by atoms with van der Waals surface area (Å²) in [7, 11) is 0. The first kappa shape index (κ1) is 19.3. The van der Waals surface area contributed by atoms with Crippen LogP contribution in [-0.2, 0) is 6.54 Å². The molecular formula is C20H14Cl3N3OS. The molecule has 1 amide bonds. The Morgan fingerprint density at radius 1 is 1.11 bits per heavy atom. The van der Waals surface area contributed by atoms with E-state index in [-0.39, 0.29) is 5.91 Å². The molecule has 2 heterocycles. The van der Waals surface area contributed by atoms with Crippen LogP contribution in [0.25, 0.3) is 10.1 Å². The maximum Gasteiger partial charge on any atom is 0.268 e. The molecule has 4 aromatic rings. The van der Waals surface area contributed by atoms with Gasteiger partial charge in [0.25, 0.3) is 5.91 Å². The van der Waals surface area contributed by atoms with Crippen molar-refractivity contribution in [3.05, 3.63) is 79.7 Å². The Bertz CT molecular complexity index is 1200. The molecule has 0 radical (unpaired) electrons. The van der Waals surface area contributed by atoms with Crippen molar-refractivity contribution in [3.8, 4) is 0 Å². The van der Waals surface area contributed by atoms with E-state index in [1.807, 2.05) is 43.3 Å². The third-order valence-corrected chi connectivity index (χ3v) is 6.69. The Labute approximate surface area is 180 Å². The Kier molecular flexibility index (Phi) is 5.34. The van der Waals surface area contributed by atoms with Crippen molar-refractivity contribution in [2.45, 2.75) is 13.5 Å². The standard InChI is InChI=1S/C20H14Cl3N3OS/c1-11-8-17(25-26(11)10-12-6-7-14(21)15(22)9-12)24-20(27)19-18(23)13-4-2-3-5-16(13)28-19/h2-9H,10H2,1H3,(H,24,25,27). The van der Waals surface area contributed by atoms with Crippen LogP contribution in [0.1, 0.15) is 20.9 Å². The second-order valence-corrected chi connectivity index (χ2v) is 8.52. The number of halogens is 3. The van der Waals surface area contributed by atoms with E-state index in [1.54, 1.807) is 16.8 Å². The van der Waals surface area contributed by atoms with Crippen molar-refractivity contribution in [3.63, 3.8) is 0 Å². The molecule has 0 aliphatic heterocycles. The highest BCUT2D eigenvalue weighted by molar-refractivity contribution is 7.21. The van der Waals surface area contributed by atoms with E-state index in [9.17, 15) is 4.79 Å². The Morgan fingerprint density at radius 2 is 1.89 bits per heavy atom. The van der Waals surface area contributed by atoms with Crippen molar-refractivity contribution in [2.75, 3.05) is 5.32 Å². The van der Waals surface area contributed by atoms with Crippen LogP contribution in [0.3, 0.4) is 0 Å². The average Bonchev–Trinajstić information content (AvgIpc) is 3.18. The lowest BCUT2D eigenvalue weighted by Crippen LogP contribution is -2.12. The van der Waals surface area contributed by atoms with Gasteiger partial charge in [-0.15, -0.1) is 11.3 Å². The number of hydrogen-bond donors (Lipinski definition) is 1. The largest absolute Gasteiger partial charge is 0.304 e. The molecule has 0 saturated carbocycles. The molecule has 2 aromatic heterocycles. The SMILES string of the molecule is Cc1cc(NC(=O)c2sc3ccccc3c2Cl)nn1Cc1ccc(Cl)c(Cl)c1. The van der Waals surface area contributed by atoms with Crippen LogP contribution in [-0.4, -0.2) is 15.7 Å². The molecule has 8 heteroatoms. The predicted octanol–water partition coefficient (Wildman–Crippen LogP) is 6.67. The van der Waals surface area contributed by atoms with Crippen LogP contribution < -0.4 is 5.32 Å². The van der Waals surface area contributed by atoms with Crippen molar-refractivity contribution in [1.29, 1.82) is 0 Å². The van der Waals surface area contributed by atoms with Crippen LogP contribution in [0.15, 0.2) is 48.5 Å². The van der Waals surface area contributed by atoms with E-state index >= 15 is 0 Å². The normalized spacial score (nSPS) is 11.1. The molecule has 4 nitrogen and oxygen atoms in total. The third-order valence-electron chi connectivity index (χ3n) is 4.28. The van der Waals surface area contributed by atoms with E-state index in [0.717, 1.165) is 21.3 Å². The van der Waals surface area contributed by atoms with E-state index in [1.165, 1.54) is 11.3 Å². The Balaban J connectivity index is 1.55. The molecular weight excluding hydrogens is 437 g/mol. The first-order valence-corrected chi connectivity index (χ1v) is 10.3. The van der Waals surface area contributed by atoms with Crippen LogP contribution in [0, 0.1) is 6.92 Å². The predicted molar refractivity (Wildman–Crippen MR) is 117 cm³/mol. The topological polar surface area (TPSA) is 46.9 Å². The fraction of sp³-hybridized carbons (Fsp3) is 0.100. The molecule has 2 aromatic carbocycles. The highest BCUT2D eigenvalue weighted by atomic mass is 35.5. The number of benzene rings is 2. The Hall–Kier alpha value is -2.05. The summed E-state index contributed by atoms with van der Waals surface area (Å²) < 4.78 is 2.76. The maximum atomic E-state index is 12.7. The summed E-state index contributed by atoms with van der Waals surface area (Å²) in [5, 5.41) is 9.66. The number of nitrogens with one attached hydrogen (secondary N) is 1. The summed E-state index contributed by atoms with van der Waals surface area (Å²) in [6.07, 6.45) is 0. The minimum Gasteiger partial charge on any atom is -0.304 e. The summed E-state index contributed by atoms with van der Waals surface area (Å²) in [6.45, 7) is 2.44. The molecule has 0 atom stereocenters. The highest BCUT2D eigenvalue weighted by Gasteiger charge is 2.18. The second kappa shape index (κ2) is 7.76. The van der Waals surface area contributed by atoms with E-state index in [0.29, 0.717) is 32.3 Å². The van der Waals surface area contributed by atoms with E-state index in [4.69, 9.17) is 34.8 Å². The van der Waals surface area contributed by atoms with Gasteiger partial charge in [-0.3, -0.25) is 9.48 Å². The lowest BCUT2D eigenvalue weighted by Gasteiger charge is -2.06. The van der Waals surface area contributed by atoms with Gasteiger partial charge in [0.15, 0.2) is 5.82 Å². The fourth-order valence-corrected chi connectivity index (χ4v) is 4.61. The van der Waals surface area contributed by atoms with Gasteiger partial charge in [0.05, 0.1) is 21.6 Å². The van der Waals surface area contributed by atoms with Gasteiger partial charge in [-0.1, -0.05) is 59.1 Å². The second-order valence-electron chi connectivity index (χ2n) is 6.27. The van der Waals surface area contributed by atoms with Crippen LogP contribution >= 0.6 is 46.1 Å². The van der Waals surface area contributed by atoms with Gasteiger partial charge in [-0.05, 0) is 30.7 Å². The molecule has 0 aliphatic carbocycles. The zero-order chi connectivity index (χ0) is 19.8. The number of thiophene rings is 1. The quantitative estimate of drug-likeness (QED) is 0.377. The molecule has 0 unspecified atom stereocenters.